The van der Waals surface area contributed by atoms with Gasteiger partial charge in [0, 0.05) is 58.5 Å². The van der Waals surface area contributed by atoms with Crippen molar-refractivity contribution in [1.82, 2.24) is 19.4 Å². The maximum absolute atomic E-state index is 13.0. The molecule has 2 saturated heterocycles. The van der Waals surface area contributed by atoms with Crippen LogP contribution in [0.15, 0.2) is 12.4 Å². The van der Waals surface area contributed by atoms with Crippen LogP contribution in [-0.4, -0.2) is 90.4 Å². The third-order valence-electron chi connectivity index (χ3n) is 5.64. The summed E-state index contributed by atoms with van der Waals surface area (Å²) in [7, 11) is 1.52. The maximum atomic E-state index is 13.0. The number of carbonyl (C=O) groups is 2. The number of aromatic nitrogens is 2. The fourth-order valence-corrected chi connectivity index (χ4v) is 4.19. The normalized spacial score (nSPS) is 24.7. The van der Waals surface area contributed by atoms with Crippen molar-refractivity contribution >= 4 is 11.8 Å². The molecule has 148 valence electrons. The minimum Gasteiger partial charge on any atom is -0.378 e. The number of hydrogen-bond donors (Lipinski definition) is 0. The maximum Gasteiger partial charge on any atom is 0.253 e. The highest BCUT2D eigenvalue weighted by atomic mass is 16.5. The number of ether oxygens (including phenoxy) is 3. The Bertz CT molecular complexity index is 692. The molecule has 0 aromatic carbocycles. The van der Waals surface area contributed by atoms with Crippen LogP contribution in [0.1, 0.15) is 18.7 Å². The number of likely N-dealkylation sites (tertiary alicyclic amines) is 1. The lowest BCUT2D eigenvalue weighted by atomic mass is 9.88. The molecule has 0 unspecified atom stereocenters. The Kier molecular flexibility index (Phi) is 5.16. The lowest BCUT2D eigenvalue weighted by Crippen LogP contribution is -2.56. The third kappa shape index (κ3) is 3.46. The van der Waals surface area contributed by atoms with E-state index < -0.39 is 11.7 Å². The van der Waals surface area contributed by atoms with E-state index in [1.807, 2.05) is 15.7 Å². The van der Waals surface area contributed by atoms with Gasteiger partial charge in [-0.3, -0.25) is 9.59 Å². The van der Waals surface area contributed by atoms with Gasteiger partial charge in [-0.15, -0.1) is 0 Å². The van der Waals surface area contributed by atoms with E-state index in [0.29, 0.717) is 58.8 Å². The Hall–Kier alpha value is -1.97. The van der Waals surface area contributed by atoms with E-state index in [1.165, 1.54) is 7.11 Å². The Morgan fingerprint density at radius 1 is 1.22 bits per heavy atom. The molecular weight excluding hydrogens is 352 g/mol. The van der Waals surface area contributed by atoms with Crippen LogP contribution in [0, 0.1) is 0 Å². The first-order valence-electron chi connectivity index (χ1n) is 9.46. The van der Waals surface area contributed by atoms with Gasteiger partial charge in [0.25, 0.3) is 5.91 Å². The Balaban J connectivity index is 1.51. The molecule has 1 aromatic rings. The number of imidazole rings is 1. The molecule has 0 N–H and O–H groups in total. The molecule has 9 nitrogen and oxygen atoms in total. The number of piperidine rings is 1. The minimum atomic E-state index is -0.627. The van der Waals surface area contributed by atoms with Crippen molar-refractivity contribution in [3.63, 3.8) is 0 Å². The van der Waals surface area contributed by atoms with Crippen molar-refractivity contribution in [2.24, 2.45) is 0 Å². The lowest BCUT2D eigenvalue weighted by Gasteiger charge is -2.46. The van der Waals surface area contributed by atoms with Crippen molar-refractivity contribution in [3.8, 4) is 0 Å². The van der Waals surface area contributed by atoms with Gasteiger partial charge >= 0.3 is 0 Å². The van der Waals surface area contributed by atoms with Crippen LogP contribution in [0.4, 0.5) is 0 Å². The predicted molar refractivity (Wildman–Crippen MR) is 93.9 cm³/mol. The fourth-order valence-electron chi connectivity index (χ4n) is 4.19. The molecule has 0 bridgehead atoms. The molecule has 27 heavy (non-hydrogen) atoms. The van der Waals surface area contributed by atoms with Gasteiger partial charge in [0.05, 0.1) is 19.8 Å². The van der Waals surface area contributed by atoms with E-state index in [2.05, 4.69) is 4.98 Å². The zero-order valence-electron chi connectivity index (χ0n) is 15.6. The number of methoxy groups -OCH3 is 1. The van der Waals surface area contributed by atoms with Gasteiger partial charge in [0.2, 0.25) is 5.91 Å². The van der Waals surface area contributed by atoms with Crippen molar-refractivity contribution in [2.75, 3.05) is 53.1 Å². The van der Waals surface area contributed by atoms with Crippen LogP contribution in [0.3, 0.4) is 0 Å². The molecule has 0 radical (unpaired) electrons. The van der Waals surface area contributed by atoms with E-state index in [-0.39, 0.29) is 18.4 Å². The predicted octanol–water partition coefficient (Wildman–Crippen LogP) is -0.395. The highest BCUT2D eigenvalue weighted by Gasteiger charge is 2.48. The summed E-state index contributed by atoms with van der Waals surface area (Å²) in [6.45, 7) is 4.01. The second-order valence-electron chi connectivity index (χ2n) is 7.26. The summed E-state index contributed by atoms with van der Waals surface area (Å²) in [5, 5.41) is 0. The van der Waals surface area contributed by atoms with Gasteiger partial charge in [0.15, 0.2) is 6.10 Å². The Labute approximate surface area is 158 Å². The average molecular weight is 378 g/mol. The molecule has 9 heteroatoms. The molecule has 4 heterocycles. The van der Waals surface area contributed by atoms with Crippen LogP contribution in [0.5, 0.6) is 0 Å². The Morgan fingerprint density at radius 2 is 1.96 bits per heavy atom. The largest absolute Gasteiger partial charge is 0.378 e. The molecule has 3 aliphatic rings. The molecular formula is C18H26N4O5. The summed E-state index contributed by atoms with van der Waals surface area (Å²) >= 11 is 0. The quantitative estimate of drug-likeness (QED) is 0.712. The van der Waals surface area contributed by atoms with Crippen molar-refractivity contribution < 1.29 is 23.8 Å². The molecule has 0 saturated carbocycles. The van der Waals surface area contributed by atoms with E-state index in [4.69, 9.17) is 14.2 Å². The zero-order chi connectivity index (χ0) is 18.9. The van der Waals surface area contributed by atoms with Gasteiger partial charge in [-0.05, 0) is 0 Å². The fraction of sp³-hybridized carbons (Fsp3) is 0.722. The number of morpholine rings is 1. The zero-order valence-corrected chi connectivity index (χ0v) is 15.6. The smallest absolute Gasteiger partial charge is 0.253 e. The molecule has 2 amide bonds. The molecule has 1 atom stereocenters. The standard InChI is InChI=1S/C18H26N4O5/c1-25-13-15(23)20-5-2-18(3-6-20)17-19-4-7-22(17)12-14(27-18)16(24)21-8-10-26-11-9-21/h4,7,14H,2-3,5-6,8-13H2,1H3/t14-/m1/s1. The summed E-state index contributed by atoms with van der Waals surface area (Å²) in [5.74, 6) is 0.842. The van der Waals surface area contributed by atoms with Crippen LogP contribution < -0.4 is 0 Å². The Morgan fingerprint density at radius 3 is 2.67 bits per heavy atom. The van der Waals surface area contributed by atoms with Crippen LogP contribution >= 0.6 is 0 Å². The third-order valence-corrected chi connectivity index (χ3v) is 5.64. The minimum absolute atomic E-state index is 0.00918. The summed E-state index contributed by atoms with van der Waals surface area (Å²) in [4.78, 5) is 33.2. The van der Waals surface area contributed by atoms with Gasteiger partial charge < -0.3 is 28.6 Å². The van der Waals surface area contributed by atoms with E-state index in [9.17, 15) is 9.59 Å². The summed E-state index contributed by atoms with van der Waals surface area (Å²) < 4.78 is 18.7. The first-order valence-corrected chi connectivity index (χ1v) is 9.46. The van der Waals surface area contributed by atoms with E-state index >= 15 is 0 Å². The molecule has 2 fully saturated rings. The lowest BCUT2D eigenvalue weighted by molar-refractivity contribution is -0.185. The molecule has 1 aromatic heterocycles. The molecule has 4 rings (SSSR count). The van der Waals surface area contributed by atoms with Crippen LogP contribution in [0.25, 0.3) is 0 Å². The van der Waals surface area contributed by atoms with Gasteiger partial charge in [-0.1, -0.05) is 0 Å². The van der Waals surface area contributed by atoms with Gasteiger partial charge in [-0.25, -0.2) is 4.98 Å². The highest BCUT2D eigenvalue weighted by Crippen LogP contribution is 2.40. The van der Waals surface area contributed by atoms with Crippen molar-refractivity contribution in [3.05, 3.63) is 18.2 Å². The summed E-state index contributed by atoms with van der Waals surface area (Å²) in [6, 6.07) is 0. The first-order chi connectivity index (χ1) is 13.1. The van der Waals surface area contributed by atoms with Crippen LogP contribution in [-0.2, 0) is 35.9 Å². The number of carbonyl (C=O) groups excluding carboxylic acids is 2. The number of fused-ring (bicyclic) bond motifs is 2. The second-order valence-corrected chi connectivity index (χ2v) is 7.26. The van der Waals surface area contributed by atoms with Crippen molar-refractivity contribution in [1.29, 1.82) is 0 Å². The SMILES string of the molecule is COCC(=O)N1CCC2(CC1)O[C@@H](C(=O)N1CCOCC1)Cn1ccnc12. The molecule has 3 aliphatic heterocycles. The first kappa shape index (κ1) is 18.4. The second kappa shape index (κ2) is 7.57. The van der Waals surface area contributed by atoms with Crippen LogP contribution in [0.2, 0.25) is 0 Å². The summed E-state index contributed by atoms with van der Waals surface area (Å²) in [6.07, 6.45) is 4.36. The number of rotatable bonds is 3. The van der Waals surface area contributed by atoms with Crippen molar-refractivity contribution in [2.45, 2.75) is 31.1 Å². The monoisotopic (exact) mass is 378 g/mol. The van der Waals surface area contributed by atoms with Gasteiger partial charge in [0.1, 0.15) is 18.0 Å². The number of amides is 2. The highest BCUT2D eigenvalue weighted by molar-refractivity contribution is 5.81. The topological polar surface area (TPSA) is 86.1 Å². The average Bonchev–Trinajstić information content (AvgIpc) is 3.18. The van der Waals surface area contributed by atoms with Gasteiger partial charge in [-0.2, -0.15) is 0 Å². The van der Waals surface area contributed by atoms with E-state index in [0.717, 1.165) is 5.82 Å². The number of nitrogens with zero attached hydrogens (tertiary/aromatic N) is 4. The summed E-state index contributed by atoms with van der Waals surface area (Å²) in [5.41, 5.74) is -0.627. The number of hydrogen-bond acceptors (Lipinski definition) is 6. The molecule has 1 spiro atoms. The molecule has 0 aliphatic carbocycles. The van der Waals surface area contributed by atoms with E-state index in [1.54, 1.807) is 11.1 Å².